The molecule has 9 heteroatoms. The Kier molecular flexibility index (Phi) is 7.14. The summed E-state index contributed by atoms with van der Waals surface area (Å²) >= 11 is 0. The topological polar surface area (TPSA) is 102 Å². The van der Waals surface area contributed by atoms with Gasteiger partial charge in [0.15, 0.2) is 5.52 Å². The summed E-state index contributed by atoms with van der Waals surface area (Å²) in [6.07, 6.45) is 3.18. The summed E-state index contributed by atoms with van der Waals surface area (Å²) in [5.74, 6) is 1.59. The fraction of sp³-hybridized carbons (Fsp3) is 0.538. The van der Waals surface area contributed by atoms with Gasteiger partial charge >= 0.3 is 6.09 Å². The van der Waals surface area contributed by atoms with Crippen LogP contribution >= 0.6 is 0 Å². The molecule has 1 fully saturated rings. The summed E-state index contributed by atoms with van der Waals surface area (Å²) in [6.45, 7) is 9.62. The third-order valence-corrected chi connectivity index (χ3v) is 6.11. The first-order chi connectivity index (χ1) is 16.6. The predicted octanol–water partition coefficient (Wildman–Crippen LogP) is 4.30. The van der Waals surface area contributed by atoms with Crippen LogP contribution < -0.4 is 10.3 Å². The summed E-state index contributed by atoms with van der Waals surface area (Å²) in [4.78, 5) is 34.4. The molecule has 9 nitrogen and oxygen atoms in total. The molecule has 0 saturated carbocycles. The van der Waals surface area contributed by atoms with Gasteiger partial charge in [0.1, 0.15) is 22.7 Å². The number of piperidine rings is 1. The van der Waals surface area contributed by atoms with E-state index in [1.165, 1.54) is 0 Å². The monoisotopic (exact) mass is 481 g/mol. The molecular weight excluding hydrogens is 446 g/mol. The first kappa shape index (κ1) is 24.8. The minimum absolute atomic E-state index is 0.203. The van der Waals surface area contributed by atoms with Crippen molar-refractivity contribution >= 4 is 17.1 Å². The second-order valence-electron chi connectivity index (χ2n) is 10.2. The van der Waals surface area contributed by atoms with Crippen LogP contribution in [0, 0.1) is 5.92 Å². The molecule has 188 valence electrons. The number of hydrogen-bond acceptors (Lipinski definition) is 6. The lowest BCUT2D eigenvalue weighted by atomic mass is 9.98. The highest BCUT2D eigenvalue weighted by Gasteiger charge is 2.27. The van der Waals surface area contributed by atoms with Gasteiger partial charge in [0.2, 0.25) is 0 Å². The zero-order valence-corrected chi connectivity index (χ0v) is 21.3. The number of amides is 1. The maximum atomic E-state index is 12.8. The van der Waals surface area contributed by atoms with Crippen molar-refractivity contribution in [3.63, 3.8) is 0 Å². The number of aromatic amines is 1. The van der Waals surface area contributed by atoms with E-state index < -0.39 is 5.60 Å². The van der Waals surface area contributed by atoms with Gasteiger partial charge in [-0.1, -0.05) is 25.5 Å². The Morgan fingerprint density at radius 3 is 2.66 bits per heavy atom. The van der Waals surface area contributed by atoms with Crippen LogP contribution in [-0.4, -0.2) is 56.0 Å². The van der Waals surface area contributed by atoms with Gasteiger partial charge in [-0.15, -0.1) is 0 Å². The Morgan fingerprint density at radius 1 is 1.23 bits per heavy atom. The van der Waals surface area contributed by atoms with Gasteiger partial charge in [-0.2, -0.15) is 5.10 Å². The minimum atomic E-state index is -0.486. The van der Waals surface area contributed by atoms with Crippen LogP contribution in [0.2, 0.25) is 0 Å². The first-order valence-corrected chi connectivity index (χ1v) is 12.3. The molecule has 1 aromatic carbocycles. The smallest absolute Gasteiger partial charge is 0.410 e. The molecule has 0 radical (unpaired) electrons. The number of hydrogen-bond donors (Lipinski definition) is 1. The Bertz CT molecular complexity index is 1250. The van der Waals surface area contributed by atoms with Gasteiger partial charge in [-0.3, -0.25) is 9.48 Å². The van der Waals surface area contributed by atoms with Gasteiger partial charge in [-0.05, 0) is 58.1 Å². The van der Waals surface area contributed by atoms with Crippen LogP contribution in [-0.2, 0) is 18.2 Å². The number of aryl methyl sites for hydroxylation is 2. The molecule has 1 amide bonds. The minimum Gasteiger partial charge on any atom is -0.493 e. The third-order valence-electron chi connectivity index (χ3n) is 6.11. The lowest BCUT2D eigenvalue weighted by Crippen LogP contribution is -2.42. The number of rotatable bonds is 6. The second kappa shape index (κ2) is 10.1. The summed E-state index contributed by atoms with van der Waals surface area (Å²) in [7, 11) is 1.77. The summed E-state index contributed by atoms with van der Waals surface area (Å²) < 4.78 is 13.2. The first-order valence-electron chi connectivity index (χ1n) is 12.3. The zero-order valence-electron chi connectivity index (χ0n) is 21.3. The van der Waals surface area contributed by atoms with E-state index in [4.69, 9.17) is 14.5 Å². The zero-order chi connectivity index (χ0) is 25.2. The average Bonchev–Trinajstić information content (AvgIpc) is 3.13. The third kappa shape index (κ3) is 5.83. The Labute approximate surface area is 205 Å². The molecule has 1 aliphatic heterocycles. The maximum absolute atomic E-state index is 12.8. The molecule has 2 aromatic heterocycles. The number of nitrogens with zero attached hydrogens (tertiary/aromatic N) is 4. The fourth-order valence-electron chi connectivity index (χ4n) is 4.34. The van der Waals surface area contributed by atoms with Crippen molar-refractivity contribution < 1.29 is 14.3 Å². The quantitative estimate of drug-likeness (QED) is 0.563. The predicted molar refractivity (Wildman–Crippen MR) is 135 cm³/mol. The molecule has 4 rings (SSSR count). The molecule has 35 heavy (non-hydrogen) atoms. The number of aromatic nitrogens is 4. The van der Waals surface area contributed by atoms with Crippen molar-refractivity contribution in [2.45, 2.75) is 59.0 Å². The lowest BCUT2D eigenvalue weighted by molar-refractivity contribution is 0.0165. The molecule has 0 unspecified atom stereocenters. The molecule has 0 spiro atoms. The normalized spacial score (nSPS) is 14.9. The van der Waals surface area contributed by atoms with E-state index in [0.717, 1.165) is 42.7 Å². The van der Waals surface area contributed by atoms with Crippen molar-refractivity contribution in [3.05, 3.63) is 40.3 Å². The number of carbonyl (C=O) groups is 1. The summed E-state index contributed by atoms with van der Waals surface area (Å²) in [5.41, 5.74) is 2.07. The molecule has 3 heterocycles. The molecule has 0 bridgehead atoms. The number of H-pyrrole nitrogens is 1. The highest BCUT2D eigenvalue weighted by atomic mass is 16.6. The van der Waals surface area contributed by atoms with Crippen molar-refractivity contribution in [3.8, 4) is 17.1 Å². The van der Waals surface area contributed by atoms with Gasteiger partial charge in [0.25, 0.3) is 5.56 Å². The van der Waals surface area contributed by atoms with E-state index in [2.05, 4.69) is 17.0 Å². The molecule has 1 aliphatic rings. The van der Waals surface area contributed by atoms with E-state index in [-0.39, 0.29) is 11.7 Å². The molecule has 1 saturated heterocycles. The standard InChI is InChI=1S/C26H35N5O4/c1-6-8-20-21-22(30(5)29-20)24(32)28-23(27-21)18-9-7-10-19(15-18)34-16-17-11-13-31(14-12-17)25(33)35-26(2,3)4/h7,9-10,15,17H,6,8,11-14,16H2,1-5H3,(H,27,28,32). The van der Waals surface area contributed by atoms with Gasteiger partial charge in [0.05, 0.1) is 12.3 Å². The SMILES string of the molecule is CCCc1nn(C)c2c(=O)[nH]c(-c3cccc(OCC4CCN(C(=O)OC(C)(C)C)CC4)c3)nc12. The van der Waals surface area contributed by atoms with Crippen LogP contribution in [0.15, 0.2) is 29.1 Å². The van der Waals surface area contributed by atoms with E-state index in [9.17, 15) is 9.59 Å². The summed E-state index contributed by atoms with van der Waals surface area (Å²) in [6, 6.07) is 7.61. The van der Waals surface area contributed by atoms with E-state index in [0.29, 0.717) is 42.5 Å². The van der Waals surface area contributed by atoms with Crippen LogP contribution in [0.3, 0.4) is 0 Å². The van der Waals surface area contributed by atoms with E-state index in [1.807, 2.05) is 45.0 Å². The molecule has 1 N–H and O–H groups in total. The van der Waals surface area contributed by atoms with Crippen molar-refractivity contribution in [2.75, 3.05) is 19.7 Å². The van der Waals surface area contributed by atoms with Crippen LogP contribution in [0.1, 0.15) is 52.7 Å². The number of ether oxygens (including phenoxy) is 2. The van der Waals surface area contributed by atoms with Gasteiger partial charge in [-0.25, -0.2) is 9.78 Å². The van der Waals surface area contributed by atoms with Crippen molar-refractivity contribution in [2.24, 2.45) is 13.0 Å². The van der Waals surface area contributed by atoms with Gasteiger partial charge < -0.3 is 19.4 Å². The average molecular weight is 482 g/mol. The highest BCUT2D eigenvalue weighted by molar-refractivity contribution is 5.79. The lowest BCUT2D eigenvalue weighted by Gasteiger charge is -2.33. The van der Waals surface area contributed by atoms with Crippen molar-refractivity contribution in [1.29, 1.82) is 0 Å². The Balaban J connectivity index is 1.41. The fourth-order valence-corrected chi connectivity index (χ4v) is 4.34. The largest absolute Gasteiger partial charge is 0.493 e. The maximum Gasteiger partial charge on any atom is 0.410 e. The Hall–Kier alpha value is -3.36. The molecule has 3 aromatic rings. The number of nitrogens with one attached hydrogen (secondary N) is 1. The highest BCUT2D eigenvalue weighted by Crippen LogP contribution is 2.25. The molecular formula is C26H35N5O4. The molecule has 0 atom stereocenters. The number of likely N-dealkylation sites (tertiary alicyclic amines) is 1. The second-order valence-corrected chi connectivity index (χ2v) is 10.2. The van der Waals surface area contributed by atoms with Crippen molar-refractivity contribution in [1.82, 2.24) is 24.6 Å². The van der Waals surface area contributed by atoms with Gasteiger partial charge in [0, 0.05) is 25.7 Å². The van der Waals surface area contributed by atoms with Crippen LogP contribution in [0.25, 0.3) is 22.4 Å². The number of fused-ring (bicyclic) bond motifs is 1. The molecule has 0 aliphatic carbocycles. The van der Waals surface area contributed by atoms with Crippen LogP contribution in [0.5, 0.6) is 5.75 Å². The van der Waals surface area contributed by atoms with E-state index >= 15 is 0 Å². The Morgan fingerprint density at radius 2 is 1.97 bits per heavy atom. The summed E-state index contributed by atoms with van der Waals surface area (Å²) in [5, 5.41) is 4.48. The van der Waals surface area contributed by atoms with E-state index in [1.54, 1.807) is 16.6 Å². The number of carbonyl (C=O) groups excluding carboxylic acids is 1. The number of benzene rings is 1. The van der Waals surface area contributed by atoms with Crippen LogP contribution in [0.4, 0.5) is 4.79 Å².